The summed E-state index contributed by atoms with van der Waals surface area (Å²) in [7, 11) is -0.614. The highest BCUT2D eigenvalue weighted by atomic mass is 79.9. The summed E-state index contributed by atoms with van der Waals surface area (Å²) in [6.07, 6.45) is 2.65. The van der Waals surface area contributed by atoms with Gasteiger partial charge in [0.05, 0.1) is 5.69 Å². The summed E-state index contributed by atoms with van der Waals surface area (Å²) in [5.41, 5.74) is 2.55. The molecule has 5 heteroatoms. The lowest BCUT2D eigenvalue weighted by Gasteiger charge is -2.29. The van der Waals surface area contributed by atoms with Crippen molar-refractivity contribution in [3.8, 4) is 0 Å². The SMILES string of the molecule is O=S1CCN(c2ccc(CNC3CC3)cc2Br)CC1. The molecule has 19 heavy (non-hydrogen) atoms. The Labute approximate surface area is 125 Å². The van der Waals surface area contributed by atoms with Crippen LogP contribution >= 0.6 is 15.9 Å². The van der Waals surface area contributed by atoms with Crippen LogP contribution < -0.4 is 10.2 Å². The van der Waals surface area contributed by atoms with Crippen LogP contribution in [-0.2, 0) is 17.3 Å². The molecule has 1 aromatic rings. The maximum absolute atomic E-state index is 11.4. The van der Waals surface area contributed by atoms with E-state index in [1.54, 1.807) is 0 Å². The van der Waals surface area contributed by atoms with Gasteiger partial charge in [-0.2, -0.15) is 0 Å². The molecule has 0 unspecified atom stereocenters. The van der Waals surface area contributed by atoms with E-state index in [1.165, 1.54) is 24.1 Å². The Bertz CT molecular complexity index is 480. The zero-order chi connectivity index (χ0) is 13.2. The maximum Gasteiger partial charge on any atom is 0.0511 e. The molecule has 104 valence electrons. The number of nitrogens with zero attached hydrogens (tertiary/aromatic N) is 1. The topological polar surface area (TPSA) is 32.3 Å². The van der Waals surface area contributed by atoms with E-state index in [9.17, 15) is 4.21 Å². The van der Waals surface area contributed by atoms with Gasteiger partial charge >= 0.3 is 0 Å². The standard InChI is InChI=1S/C14H19BrN2OS/c15-13-9-11(10-16-12-2-3-12)1-4-14(13)17-5-7-19(18)8-6-17/h1,4,9,12,16H,2-3,5-8,10H2. The molecule has 0 radical (unpaired) electrons. The van der Waals surface area contributed by atoms with Crippen molar-refractivity contribution >= 4 is 32.4 Å². The number of rotatable bonds is 4. The first-order chi connectivity index (χ1) is 9.22. The summed E-state index contributed by atoms with van der Waals surface area (Å²) >= 11 is 3.68. The molecular weight excluding hydrogens is 324 g/mol. The van der Waals surface area contributed by atoms with E-state index in [1.807, 2.05) is 0 Å². The lowest BCUT2D eigenvalue weighted by Crippen LogP contribution is -2.37. The van der Waals surface area contributed by atoms with E-state index < -0.39 is 10.8 Å². The van der Waals surface area contributed by atoms with Crippen molar-refractivity contribution in [2.24, 2.45) is 0 Å². The predicted molar refractivity (Wildman–Crippen MR) is 84.1 cm³/mol. The molecule has 1 N–H and O–H groups in total. The van der Waals surface area contributed by atoms with E-state index in [0.717, 1.165) is 41.7 Å². The number of anilines is 1. The first-order valence-electron chi connectivity index (χ1n) is 6.84. The number of nitrogens with one attached hydrogen (secondary N) is 1. The van der Waals surface area contributed by atoms with E-state index >= 15 is 0 Å². The predicted octanol–water partition coefficient (Wildman–Crippen LogP) is 2.27. The summed E-state index contributed by atoms with van der Waals surface area (Å²) in [6.45, 7) is 2.74. The van der Waals surface area contributed by atoms with Crippen molar-refractivity contribution in [3.05, 3.63) is 28.2 Å². The van der Waals surface area contributed by atoms with Gasteiger partial charge in [-0.05, 0) is 46.5 Å². The number of halogens is 1. The number of hydrogen-bond acceptors (Lipinski definition) is 3. The van der Waals surface area contributed by atoms with Crippen molar-refractivity contribution < 1.29 is 4.21 Å². The maximum atomic E-state index is 11.4. The van der Waals surface area contributed by atoms with Crippen molar-refractivity contribution in [1.82, 2.24) is 5.32 Å². The average molecular weight is 343 g/mol. The molecule has 0 spiro atoms. The largest absolute Gasteiger partial charge is 0.369 e. The Morgan fingerprint density at radius 3 is 2.68 bits per heavy atom. The normalized spacial score (nSPS) is 20.8. The highest BCUT2D eigenvalue weighted by Crippen LogP contribution is 2.28. The zero-order valence-electron chi connectivity index (χ0n) is 10.9. The van der Waals surface area contributed by atoms with E-state index in [-0.39, 0.29) is 0 Å². The minimum Gasteiger partial charge on any atom is -0.369 e. The zero-order valence-corrected chi connectivity index (χ0v) is 13.3. The fourth-order valence-electron chi connectivity index (χ4n) is 2.35. The highest BCUT2D eigenvalue weighted by Gasteiger charge is 2.20. The first-order valence-corrected chi connectivity index (χ1v) is 9.12. The Hall–Kier alpha value is -0.390. The molecule has 0 atom stereocenters. The first kappa shape index (κ1) is 13.6. The van der Waals surface area contributed by atoms with Gasteiger partial charge in [-0.3, -0.25) is 4.21 Å². The van der Waals surface area contributed by atoms with Gasteiger partial charge in [0.25, 0.3) is 0 Å². The van der Waals surface area contributed by atoms with Crippen LogP contribution in [0.4, 0.5) is 5.69 Å². The van der Waals surface area contributed by atoms with Gasteiger partial charge in [0.2, 0.25) is 0 Å². The second kappa shape index (κ2) is 5.94. The van der Waals surface area contributed by atoms with Crippen LogP contribution in [0.1, 0.15) is 18.4 Å². The third kappa shape index (κ3) is 3.58. The molecule has 2 fully saturated rings. The van der Waals surface area contributed by atoms with Crippen LogP contribution in [0.15, 0.2) is 22.7 Å². The van der Waals surface area contributed by atoms with Crippen molar-refractivity contribution in [1.29, 1.82) is 0 Å². The van der Waals surface area contributed by atoms with Gasteiger partial charge in [0.15, 0.2) is 0 Å². The monoisotopic (exact) mass is 342 g/mol. The highest BCUT2D eigenvalue weighted by molar-refractivity contribution is 9.10. The summed E-state index contributed by atoms with van der Waals surface area (Å²) < 4.78 is 12.5. The van der Waals surface area contributed by atoms with Gasteiger partial charge in [-0.25, -0.2) is 0 Å². The van der Waals surface area contributed by atoms with Crippen LogP contribution in [0.2, 0.25) is 0 Å². The second-order valence-electron chi connectivity index (χ2n) is 5.28. The van der Waals surface area contributed by atoms with Crippen LogP contribution in [-0.4, -0.2) is 34.8 Å². The summed E-state index contributed by atoms with van der Waals surface area (Å²) in [4.78, 5) is 2.32. The molecule has 1 saturated heterocycles. The molecule has 2 aliphatic rings. The molecule has 1 aliphatic heterocycles. The third-order valence-corrected chi connectivity index (χ3v) is 5.61. The summed E-state index contributed by atoms with van der Waals surface area (Å²) in [5.74, 6) is 1.58. The lowest BCUT2D eigenvalue weighted by molar-refractivity contribution is 0.673. The molecular formula is C14H19BrN2OS. The fourth-order valence-corrected chi connectivity index (χ4v) is 4.07. The molecule has 0 aromatic heterocycles. The van der Waals surface area contributed by atoms with Gasteiger partial charge in [-0.15, -0.1) is 0 Å². The minimum absolute atomic E-state index is 0.614. The number of hydrogen-bond donors (Lipinski definition) is 1. The van der Waals surface area contributed by atoms with Gasteiger partial charge in [-0.1, -0.05) is 6.07 Å². The van der Waals surface area contributed by atoms with Gasteiger partial charge < -0.3 is 10.2 Å². The fraction of sp³-hybridized carbons (Fsp3) is 0.571. The molecule has 0 bridgehead atoms. The molecule has 1 aliphatic carbocycles. The summed E-state index contributed by atoms with van der Waals surface area (Å²) in [6, 6.07) is 7.33. The molecule has 3 rings (SSSR count). The average Bonchev–Trinajstić information content (AvgIpc) is 3.22. The molecule has 1 saturated carbocycles. The van der Waals surface area contributed by atoms with E-state index in [2.05, 4.69) is 44.3 Å². The van der Waals surface area contributed by atoms with Crippen LogP contribution in [0.25, 0.3) is 0 Å². The van der Waals surface area contributed by atoms with Crippen molar-refractivity contribution in [3.63, 3.8) is 0 Å². The Morgan fingerprint density at radius 2 is 2.05 bits per heavy atom. The lowest BCUT2D eigenvalue weighted by atomic mass is 10.2. The van der Waals surface area contributed by atoms with E-state index in [4.69, 9.17) is 0 Å². The van der Waals surface area contributed by atoms with Crippen LogP contribution in [0, 0.1) is 0 Å². The molecule has 0 amide bonds. The van der Waals surface area contributed by atoms with Gasteiger partial charge in [0.1, 0.15) is 0 Å². The summed E-state index contributed by atoms with van der Waals surface area (Å²) in [5, 5.41) is 3.53. The molecule has 1 heterocycles. The van der Waals surface area contributed by atoms with Crippen molar-refractivity contribution in [2.75, 3.05) is 29.5 Å². The number of benzene rings is 1. The Balaban J connectivity index is 1.66. The quantitative estimate of drug-likeness (QED) is 0.910. The molecule has 3 nitrogen and oxygen atoms in total. The minimum atomic E-state index is -0.614. The molecule has 1 aromatic carbocycles. The van der Waals surface area contributed by atoms with Crippen molar-refractivity contribution in [2.45, 2.75) is 25.4 Å². The van der Waals surface area contributed by atoms with Crippen LogP contribution in [0.3, 0.4) is 0 Å². The second-order valence-corrected chi connectivity index (χ2v) is 7.83. The Morgan fingerprint density at radius 1 is 1.32 bits per heavy atom. The Kier molecular flexibility index (Phi) is 4.24. The smallest absolute Gasteiger partial charge is 0.0511 e. The third-order valence-electron chi connectivity index (χ3n) is 3.70. The van der Waals surface area contributed by atoms with E-state index in [0.29, 0.717) is 0 Å². The van der Waals surface area contributed by atoms with Crippen LogP contribution in [0.5, 0.6) is 0 Å². The van der Waals surface area contributed by atoms with Gasteiger partial charge in [0, 0.05) is 52.5 Å².